The second-order valence-corrected chi connectivity index (χ2v) is 5.12. The van der Waals surface area contributed by atoms with Crippen LogP contribution in [0.25, 0.3) is 11.0 Å². The summed E-state index contributed by atoms with van der Waals surface area (Å²) in [5.74, 6) is -0.188. The number of anilines is 2. The van der Waals surface area contributed by atoms with E-state index >= 15 is 0 Å². The molecule has 0 radical (unpaired) electrons. The minimum Gasteiger partial charge on any atom is -0.463 e. The molecule has 2 aromatic carbocycles. The Hall–Kier alpha value is -2.75. The minimum absolute atomic E-state index is 0.188. The molecule has 0 aliphatic carbocycles. The molecule has 3 aromatic rings. The number of hydrogen-bond acceptors (Lipinski definition) is 3. The van der Waals surface area contributed by atoms with Crippen molar-refractivity contribution in [3.8, 4) is 0 Å². The zero-order valence-corrected chi connectivity index (χ0v) is 11.9. The lowest BCUT2D eigenvalue weighted by atomic mass is 10.1. The van der Waals surface area contributed by atoms with E-state index in [9.17, 15) is 4.79 Å². The van der Waals surface area contributed by atoms with Crippen molar-refractivity contribution in [3.05, 3.63) is 59.4 Å². The highest BCUT2D eigenvalue weighted by Crippen LogP contribution is 2.25. The smallest absolute Gasteiger partial charge is 0.259 e. The van der Waals surface area contributed by atoms with Crippen LogP contribution in [-0.2, 0) is 0 Å². The summed E-state index contributed by atoms with van der Waals surface area (Å²) < 4.78 is 5.40. The molecule has 21 heavy (non-hydrogen) atoms. The number of nitrogens with two attached hydrogens (primary N) is 1. The quantitative estimate of drug-likeness (QED) is 0.700. The highest BCUT2D eigenvalue weighted by molar-refractivity contribution is 6.12. The monoisotopic (exact) mass is 280 g/mol. The average Bonchev–Trinajstić information content (AvgIpc) is 2.88. The fourth-order valence-corrected chi connectivity index (χ4v) is 2.32. The van der Waals surface area contributed by atoms with E-state index in [1.165, 1.54) is 6.26 Å². The fraction of sp³-hybridized carbons (Fsp3) is 0.118. The van der Waals surface area contributed by atoms with Crippen molar-refractivity contribution in [2.45, 2.75) is 13.8 Å². The molecule has 0 atom stereocenters. The maximum absolute atomic E-state index is 12.4. The van der Waals surface area contributed by atoms with Gasteiger partial charge in [-0.25, -0.2) is 0 Å². The normalized spacial score (nSPS) is 10.8. The van der Waals surface area contributed by atoms with Gasteiger partial charge in [0, 0.05) is 16.8 Å². The first-order valence-electron chi connectivity index (χ1n) is 6.70. The summed E-state index contributed by atoms with van der Waals surface area (Å²) in [7, 11) is 0. The van der Waals surface area contributed by atoms with Crippen LogP contribution in [0.5, 0.6) is 0 Å². The minimum atomic E-state index is -0.188. The van der Waals surface area contributed by atoms with Crippen molar-refractivity contribution in [2.75, 3.05) is 11.1 Å². The highest BCUT2D eigenvalue weighted by Gasteiger charge is 2.14. The summed E-state index contributed by atoms with van der Waals surface area (Å²) in [6.45, 7) is 3.83. The van der Waals surface area contributed by atoms with Crippen LogP contribution in [-0.4, -0.2) is 5.91 Å². The molecule has 0 aliphatic heterocycles. The van der Waals surface area contributed by atoms with E-state index in [0.717, 1.165) is 27.9 Å². The summed E-state index contributed by atoms with van der Waals surface area (Å²) in [6.07, 6.45) is 1.49. The molecule has 0 fully saturated rings. The van der Waals surface area contributed by atoms with Gasteiger partial charge in [-0.15, -0.1) is 0 Å². The Balaban J connectivity index is 1.95. The van der Waals surface area contributed by atoms with Crippen LogP contribution in [0.15, 0.2) is 47.1 Å². The third-order valence-electron chi connectivity index (χ3n) is 3.59. The van der Waals surface area contributed by atoms with Gasteiger partial charge in [0.25, 0.3) is 5.91 Å². The molecular weight excluding hydrogens is 264 g/mol. The summed E-state index contributed by atoms with van der Waals surface area (Å²) >= 11 is 0. The van der Waals surface area contributed by atoms with E-state index in [1.54, 1.807) is 0 Å². The molecule has 1 heterocycles. The van der Waals surface area contributed by atoms with E-state index in [4.69, 9.17) is 10.2 Å². The summed E-state index contributed by atoms with van der Waals surface area (Å²) in [5, 5.41) is 3.72. The highest BCUT2D eigenvalue weighted by atomic mass is 16.3. The topological polar surface area (TPSA) is 68.3 Å². The molecule has 0 saturated heterocycles. The molecule has 0 aliphatic rings. The molecule has 4 nitrogen and oxygen atoms in total. The first-order valence-corrected chi connectivity index (χ1v) is 6.70. The van der Waals surface area contributed by atoms with Gasteiger partial charge in [-0.3, -0.25) is 4.79 Å². The first-order chi connectivity index (χ1) is 10.1. The van der Waals surface area contributed by atoms with E-state index in [1.807, 2.05) is 50.2 Å². The molecule has 1 aromatic heterocycles. The van der Waals surface area contributed by atoms with Crippen molar-refractivity contribution in [2.24, 2.45) is 0 Å². The number of para-hydroxylation sites is 1. The number of amides is 1. The van der Waals surface area contributed by atoms with Crippen LogP contribution in [0, 0.1) is 13.8 Å². The Morgan fingerprint density at radius 3 is 2.71 bits per heavy atom. The lowest BCUT2D eigenvalue weighted by Gasteiger charge is -2.10. The van der Waals surface area contributed by atoms with Crippen LogP contribution in [0.3, 0.4) is 0 Å². The third-order valence-corrected chi connectivity index (χ3v) is 3.59. The van der Waals surface area contributed by atoms with Gasteiger partial charge in [-0.1, -0.05) is 18.2 Å². The number of benzene rings is 2. The average molecular weight is 280 g/mol. The molecule has 3 N–H and O–H groups in total. The van der Waals surface area contributed by atoms with Crippen molar-refractivity contribution in [1.82, 2.24) is 0 Å². The number of hydrogen-bond donors (Lipinski definition) is 2. The molecule has 0 bridgehead atoms. The molecule has 0 spiro atoms. The molecule has 0 saturated carbocycles. The van der Waals surface area contributed by atoms with Gasteiger partial charge in [0.1, 0.15) is 11.8 Å². The van der Waals surface area contributed by atoms with E-state index in [2.05, 4.69) is 5.32 Å². The van der Waals surface area contributed by atoms with Crippen LogP contribution in [0.2, 0.25) is 0 Å². The summed E-state index contributed by atoms with van der Waals surface area (Å²) in [4.78, 5) is 12.4. The van der Waals surface area contributed by atoms with E-state index < -0.39 is 0 Å². The fourth-order valence-electron chi connectivity index (χ4n) is 2.32. The second-order valence-electron chi connectivity index (χ2n) is 5.12. The Morgan fingerprint density at radius 1 is 1.14 bits per heavy atom. The lowest BCUT2D eigenvalue weighted by molar-refractivity contribution is 0.102. The van der Waals surface area contributed by atoms with Crippen molar-refractivity contribution in [3.63, 3.8) is 0 Å². The number of fused-ring (bicyclic) bond motifs is 1. The largest absolute Gasteiger partial charge is 0.463 e. The maximum atomic E-state index is 12.4. The van der Waals surface area contributed by atoms with Gasteiger partial charge in [0.05, 0.1) is 5.56 Å². The third kappa shape index (κ3) is 2.36. The van der Waals surface area contributed by atoms with Crippen LogP contribution >= 0.6 is 0 Å². The predicted octanol–water partition coefficient (Wildman–Crippen LogP) is 3.88. The molecular formula is C17H16N2O2. The molecule has 1 amide bonds. The second kappa shape index (κ2) is 4.98. The van der Waals surface area contributed by atoms with Gasteiger partial charge in [-0.2, -0.15) is 0 Å². The molecule has 4 heteroatoms. The van der Waals surface area contributed by atoms with Crippen LogP contribution in [0.4, 0.5) is 11.4 Å². The number of aryl methyl sites for hydroxylation is 2. The van der Waals surface area contributed by atoms with Gasteiger partial charge < -0.3 is 15.5 Å². The van der Waals surface area contributed by atoms with Crippen molar-refractivity contribution >= 4 is 28.3 Å². The number of rotatable bonds is 2. The van der Waals surface area contributed by atoms with E-state index in [-0.39, 0.29) is 5.91 Å². The number of nitrogens with one attached hydrogen (secondary N) is 1. The number of furan rings is 1. The Morgan fingerprint density at radius 2 is 1.90 bits per heavy atom. The van der Waals surface area contributed by atoms with Crippen LogP contribution < -0.4 is 11.1 Å². The lowest BCUT2D eigenvalue weighted by Crippen LogP contribution is -2.12. The Kier molecular flexibility index (Phi) is 3.14. The van der Waals surface area contributed by atoms with Crippen LogP contribution in [0.1, 0.15) is 21.5 Å². The maximum Gasteiger partial charge on any atom is 0.259 e. The Labute approximate surface area is 122 Å². The van der Waals surface area contributed by atoms with E-state index in [0.29, 0.717) is 11.1 Å². The molecule has 3 rings (SSSR count). The standard InChI is InChI=1S/C17H16N2O2/c1-10-8-15(11(2)7-14(10)18)19-17(20)13-9-21-16-6-4-3-5-12(13)16/h3-9H,18H2,1-2H3,(H,19,20). The number of nitrogen functional groups attached to an aromatic ring is 1. The summed E-state index contributed by atoms with van der Waals surface area (Å²) in [6, 6.07) is 11.2. The zero-order valence-electron chi connectivity index (χ0n) is 11.9. The predicted molar refractivity (Wildman–Crippen MR) is 84.5 cm³/mol. The molecule has 0 unspecified atom stereocenters. The SMILES string of the molecule is Cc1cc(NC(=O)c2coc3ccccc23)c(C)cc1N. The van der Waals surface area contributed by atoms with Gasteiger partial charge in [0.15, 0.2) is 0 Å². The number of carbonyl (C=O) groups is 1. The van der Waals surface area contributed by atoms with Crippen molar-refractivity contribution in [1.29, 1.82) is 0 Å². The zero-order chi connectivity index (χ0) is 15.0. The van der Waals surface area contributed by atoms with Gasteiger partial charge >= 0.3 is 0 Å². The molecule has 106 valence electrons. The van der Waals surface area contributed by atoms with Crippen molar-refractivity contribution < 1.29 is 9.21 Å². The Bertz CT molecular complexity index is 834. The summed E-state index contributed by atoms with van der Waals surface area (Å²) in [5.41, 5.74) is 10.4. The first kappa shape index (κ1) is 13.2. The van der Waals surface area contributed by atoms with Gasteiger partial charge in [-0.05, 0) is 43.2 Å². The number of carbonyl (C=O) groups excluding carboxylic acids is 1. The van der Waals surface area contributed by atoms with Gasteiger partial charge in [0.2, 0.25) is 0 Å².